The van der Waals surface area contributed by atoms with Crippen molar-refractivity contribution in [1.82, 2.24) is 15.1 Å². The van der Waals surface area contributed by atoms with Gasteiger partial charge in [0.1, 0.15) is 17.2 Å². The minimum Gasteiger partial charge on any atom is -0.497 e. The lowest BCUT2D eigenvalue weighted by Crippen LogP contribution is -2.29. The van der Waals surface area contributed by atoms with Gasteiger partial charge < -0.3 is 23.8 Å². The topological polar surface area (TPSA) is 85.9 Å². The van der Waals surface area contributed by atoms with Crippen LogP contribution in [0.15, 0.2) is 66.7 Å². The zero-order valence-electron chi connectivity index (χ0n) is 23.4. The number of nitrogens with zero attached hydrogens (tertiary/aromatic N) is 2. The van der Waals surface area contributed by atoms with E-state index < -0.39 is 0 Å². The SMILES string of the molecule is CCCCOc1ccc(C2c3c(-c4ccc(OC)cc4)n[nH]c3C(=O)N2Cc2ccc(OC)cc2)cc1OCC. The summed E-state index contributed by atoms with van der Waals surface area (Å²) in [5, 5.41) is 7.63. The molecule has 0 saturated heterocycles. The van der Waals surface area contributed by atoms with Crippen molar-refractivity contribution in [1.29, 1.82) is 0 Å². The summed E-state index contributed by atoms with van der Waals surface area (Å²) in [7, 11) is 3.28. The number of carbonyl (C=O) groups is 1. The predicted octanol–water partition coefficient (Wildman–Crippen LogP) is 6.42. The highest BCUT2D eigenvalue weighted by Gasteiger charge is 2.42. The third-order valence-electron chi connectivity index (χ3n) is 7.08. The number of amides is 1. The van der Waals surface area contributed by atoms with E-state index in [0.29, 0.717) is 37.0 Å². The average molecular weight is 542 g/mol. The molecule has 1 aromatic heterocycles. The number of aromatic amines is 1. The molecule has 0 fully saturated rings. The van der Waals surface area contributed by atoms with Crippen LogP contribution in [0.3, 0.4) is 0 Å². The van der Waals surface area contributed by atoms with Gasteiger partial charge in [-0.25, -0.2) is 0 Å². The van der Waals surface area contributed by atoms with E-state index in [2.05, 4.69) is 17.1 Å². The maximum Gasteiger partial charge on any atom is 0.273 e. The molecule has 0 aliphatic carbocycles. The molecule has 2 heterocycles. The molecule has 0 saturated carbocycles. The predicted molar refractivity (Wildman–Crippen MR) is 153 cm³/mol. The number of methoxy groups -OCH3 is 2. The lowest BCUT2D eigenvalue weighted by Gasteiger charge is -2.27. The molecular formula is C32H35N3O5. The summed E-state index contributed by atoms with van der Waals surface area (Å²) in [5.41, 5.74) is 4.87. The Balaban J connectivity index is 1.59. The summed E-state index contributed by atoms with van der Waals surface area (Å²) < 4.78 is 22.7. The summed E-state index contributed by atoms with van der Waals surface area (Å²) >= 11 is 0. The number of benzene rings is 3. The highest BCUT2D eigenvalue weighted by Crippen LogP contribution is 2.45. The van der Waals surface area contributed by atoms with Gasteiger partial charge in [0.2, 0.25) is 0 Å². The van der Waals surface area contributed by atoms with Gasteiger partial charge in [-0.15, -0.1) is 0 Å². The normalized spacial score (nSPS) is 14.2. The number of nitrogens with one attached hydrogen (secondary N) is 1. The van der Waals surface area contributed by atoms with Crippen LogP contribution in [0.5, 0.6) is 23.0 Å². The second kappa shape index (κ2) is 12.2. The quantitative estimate of drug-likeness (QED) is 0.208. The van der Waals surface area contributed by atoms with E-state index in [4.69, 9.17) is 18.9 Å². The van der Waals surface area contributed by atoms with Crippen molar-refractivity contribution in [3.8, 4) is 34.3 Å². The number of rotatable bonds is 12. The largest absolute Gasteiger partial charge is 0.497 e. The fourth-order valence-electron chi connectivity index (χ4n) is 5.01. The number of hydrogen-bond acceptors (Lipinski definition) is 6. The molecule has 0 radical (unpaired) electrons. The van der Waals surface area contributed by atoms with Crippen LogP contribution >= 0.6 is 0 Å². The Bertz CT molecular complexity index is 1450. The number of H-pyrrole nitrogens is 1. The summed E-state index contributed by atoms with van der Waals surface area (Å²) in [6.45, 7) is 5.62. The Morgan fingerprint density at radius 3 is 2.23 bits per heavy atom. The van der Waals surface area contributed by atoms with Crippen molar-refractivity contribution in [2.45, 2.75) is 39.3 Å². The van der Waals surface area contributed by atoms with Gasteiger partial charge in [-0.3, -0.25) is 9.89 Å². The van der Waals surface area contributed by atoms with Gasteiger partial charge in [0.15, 0.2) is 11.5 Å². The Morgan fingerprint density at radius 1 is 0.875 bits per heavy atom. The smallest absolute Gasteiger partial charge is 0.273 e. The van der Waals surface area contributed by atoms with Gasteiger partial charge in [0.05, 0.1) is 39.2 Å². The molecule has 8 heteroatoms. The number of aromatic nitrogens is 2. The zero-order valence-corrected chi connectivity index (χ0v) is 23.4. The third kappa shape index (κ3) is 5.34. The van der Waals surface area contributed by atoms with Gasteiger partial charge >= 0.3 is 0 Å². The molecule has 1 N–H and O–H groups in total. The molecule has 1 atom stereocenters. The Kier molecular flexibility index (Phi) is 8.24. The second-order valence-corrected chi connectivity index (χ2v) is 9.61. The van der Waals surface area contributed by atoms with E-state index in [-0.39, 0.29) is 11.9 Å². The fourth-order valence-corrected chi connectivity index (χ4v) is 5.01. The number of fused-ring (bicyclic) bond motifs is 1. The first-order valence-corrected chi connectivity index (χ1v) is 13.6. The molecule has 1 aliphatic heterocycles. The van der Waals surface area contributed by atoms with Crippen LogP contribution in [0.2, 0.25) is 0 Å². The molecule has 1 amide bonds. The van der Waals surface area contributed by atoms with E-state index in [1.54, 1.807) is 14.2 Å². The van der Waals surface area contributed by atoms with Crippen LogP contribution in [0, 0.1) is 0 Å². The summed E-state index contributed by atoms with van der Waals surface area (Å²) in [6, 6.07) is 21.0. The summed E-state index contributed by atoms with van der Waals surface area (Å²) in [6.07, 6.45) is 2.01. The number of hydrogen-bond donors (Lipinski definition) is 1. The minimum atomic E-state index is -0.385. The Labute approximate surface area is 234 Å². The van der Waals surface area contributed by atoms with Crippen LogP contribution in [-0.2, 0) is 6.54 Å². The maximum atomic E-state index is 13.9. The first-order chi connectivity index (χ1) is 19.6. The number of carbonyl (C=O) groups excluding carboxylic acids is 1. The van der Waals surface area contributed by atoms with E-state index in [1.165, 1.54) is 0 Å². The first-order valence-electron chi connectivity index (χ1n) is 13.6. The monoisotopic (exact) mass is 541 g/mol. The lowest BCUT2D eigenvalue weighted by atomic mass is 9.95. The number of ether oxygens (including phenoxy) is 4. The van der Waals surface area contributed by atoms with Gasteiger partial charge in [0.25, 0.3) is 5.91 Å². The third-order valence-corrected chi connectivity index (χ3v) is 7.08. The van der Waals surface area contributed by atoms with Crippen molar-refractivity contribution < 1.29 is 23.7 Å². The van der Waals surface area contributed by atoms with Gasteiger partial charge in [-0.2, -0.15) is 5.10 Å². The van der Waals surface area contributed by atoms with Crippen LogP contribution in [0.4, 0.5) is 0 Å². The van der Waals surface area contributed by atoms with Gasteiger partial charge in [0, 0.05) is 17.7 Å². The van der Waals surface area contributed by atoms with Crippen molar-refractivity contribution in [3.05, 3.63) is 89.1 Å². The molecule has 3 aromatic carbocycles. The molecule has 40 heavy (non-hydrogen) atoms. The summed E-state index contributed by atoms with van der Waals surface area (Å²) in [4.78, 5) is 15.7. The summed E-state index contributed by atoms with van der Waals surface area (Å²) in [5.74, 6) is 2.78. The molecular weight excluding hydrogens is 506 g/mol. The molecule has 1 unspecified atom stereocenters. The van der Waals surface area contributed by atoms with Crippen molar-refractivity contribution in [2.75, 3.05) is 27.4 Å². The van der Waals surface area contributed by atoms with Crippen LogP contribution < -0.4 is 18.9 Å². The molecule has 8 nitrogen and oxygen atoms in total. The van der Waals surface area contributed by atoms with Crippen LogP contribution in [-0.4, -0.2) is 48.4 Å². The maximum absolute atomic E-state index is 13.9. The molecule has 1 aliphatic rings. The lowest BCUT2D eigenvalue weighted by molar-refractivity contribution is 0.0729. The minimum absolute atomic E-state index is 0.107. The molecule has 5 rings (SSSR count). The van der Waals surface area contributed by atoms with E-state index in [9.17, 15) is 4.79 Å². The first kappa shape index (κ1) is 27.1. The van der Waals surface area contributed by atoms with Crippen molar-refractivity contribution in [3.63, 3.8) is 0 Å². The molecule has 0 spiro atoms. The second-order valence-electron chi connectivity index (χ2n) is 9.61. The average Bonchev–Trinajstić information content (AvgIpc) is 3.53. The fraction of sp³-hybridized carbons (Fsp3) is 0.312. The van der Waals surface area contributed by atoms with E-state index >= 15 is 0 Å². The van der Waals surface area contributed by atoms with Crippen LogP contribution in [0.1, 0.15) is 59.9 Å². The standard InChI is InChI=1S/C32H35N3O5/c1-5-7-18-40-26-17-12-23(19-27(26)39-6-2)31-28-29(22-10-15-25(38-4)16-11-22)33-34-30(28)32(36)35(31)20-21-8-13-24(37-3)14-9-21/h8-17,19,31H,5-7,18,20H2,1-4H3,(H,33,34). The Morgan fingerprint density at radius 2 is 1.57 bits per heavy atom. The highest BCUT2D eigenvalue weighted by molar-refractivity contribution is 6.00. The molecule has 208 valence electrons. The zero-order chi connectivity index (χ0) is 28.1. The van der Waals surface area contributed by atoms with E-state index in [1.807, 2.05) is 78.6 Å². The number of unbranched alkanes of at least 4 members (excludes halogenated alkanes) is 1. The van der Waals surface area contributed by atoms with Crippen LogP contribution in [0.25, 0.3) is 11.3 Å². The molecule has 4 aromatic rings. The van der Waals surface area contributed by atoms with E-state index in [0.717, 1.165) is 52.3 Å². The van der Waals surface area contributed by atoms with Crippen molar-refractivity contribution >= 4 is 5.91 Å². The van der Waals surface area contributed by atoms with Crippen molar-refractivity contribution in [2.24, 2.45) is 0 Å². The highest BCUT2D eigenvalue weighted by atomic mass is 16.5. The van der Waals surface area contributed by atoms with Gasteiger partial charge in [-0.1, -0.05) is 31.5 Å². The molecule has 0 bridgehead atoms. The Hall–Kier alpha value is -4.46. The van der Waals surface area contributed by atoms with Gasteiger partial charge in [-0.05, 0) is 73.0 Å².